The van der Waals surface area contributed by atoms with Crippen LogP contribution in [0.15, 0.2) is 36.5 Å². The number of carboxylic acids is 1. The van der Waals surface area contributed by atoms with Crippen molar-refractivity contribution < 1.29 is 19.4 Å². The number of carboxylic acid groups (broad SMARTS) is 1. The summed E-state index contributed by atoms with van der Waals surface area (Å²) in [5.74, 6) is -1.05. The number of rotatable bonds is 8. The maximum absolute atomic E-state index is 13.1. The van der Waals surface area contributed by atoms with Crippen LogP contribution in [-0.4, -0.2) is 50.4 Å². The van der Waals surface area contributed by atoms with E-state index in [2.05, 4.69) is 5.10 Å². The molecule has 1 aromatic carbocycles. The van der Waals surface area contributed by atoms with Crippen molar-refractivity contribution in [3.63, 3.8) is 0 Å². The predicted molar refractivity (Wildman–Crippen MR) is 95.6 cm³/mol. The lowest BCUT2D eigenvalue weighted by atomic mass is 10.2. The van der Waals surface area contributed by atoms with Crippen LogP contribution in [0, 0.1) is 0 Å². The highest BCUT2D eigenvalue weighted by Gasteiger charge is 2.40. The summed E-state index contributed by atoms with van der Waals surface area (Å²) < 4.78 is 7.31. The largest absolute Gasteiger partial charge is 0.489 e. The Hall–Kier alpha value is -2.83. The molecule has 3 rings (SSSR count). The first-order valence-electron chi connectivity index (χ1n) is 8.86. The summed E-state index contributed by atoms with van der Waals surface area (Å²) in [7, 11) is 0. The predicted octanol–water partition coefficient (Wildman–Crippen LogP) is 2.74. The van der Waals surface area contributed by atoms with Crippen LogP contribution >= 0.6 is 0 Å². The lowest BCUT2D eigenvalue weighted by Gasteiger charge is -2.25. The van der Waals surface area contributed by atoms with Gasteiger partial charge in [-0.3, -0.25) is 4.79 Å². The summed E-state index contributed by atoms with van der Waals surface area (Å²) in [6.07, 6.45) is 4.10. The van der Waals surface area contributed by atoms with E-state index in [0.29, 0.717) is 12.4 Å². The van der Waals surface area contributed by atoms with Gasteiger partial charge in [0.1, 0.15) is 6.04 Å². The Kier molecular flexibility index (Phi) is 5.25. The molecule has 2 aromatic rings. The molecule has 26 heavy (non-hydrogen) atoms. The minimum absolute atomic E-state index is 0.0468. The van der Waals surface area contributed by atoms with Crippen molar-refractivity contribution in [2.45, 2.75) is 45.2 Å². The molecule has 0 aliphatic heterocycles. The summed E-state index contributed by atoms with van der Waals surface area (Å²) in [4.78, 5) is 26.0. The number of carbonyl (C=O) groups is 2. The molecule has 1 fully saturated rings. The van der Waals surface area contributed by atoms with E-state index in [1.165, 1.54) is 11.8 Å². The van der Waals surface area contributed by atoms with Gasteiger partial charge in [0.15, 0.2) is 11.4 Å². The number of aliphatic carboxylic acids is 1. The molecule has 1 aliphatic rings. The van der Waals surface area contributed by atoms with Crippen LogP contribution in [0.25, 0.3) is 5.69 Å². The first-order chi connectivity index (χ1) is 12.5. The maximum Gasteiger partial charge on any atom is 0.326 e. The van der Waals surface area contributed by atoms with Crippen LogP contribution in [0.1, 0.15) is 43.6 Å². The van der Waals surface area contributed by atoms with Gasteiger partial charge in [0.2, 0.25) is 0 Å². The van der Waals surface area contributed by atoms with E-state index >= 15 is 0 Å². The van der Waals surface area contributed by atoms with Crippen LogP contribution in [0.5, 0.6) is 5.75 Å². The third-order valence-electron chi connectivity index (χ3n) is 4.32. The molecule has 0 spiro atoms. The summed E-state index contributed by atoms with van der Waals surface area (Å²) >= 11 is 0. The minimum atomic E-state index is -1.02. The van der Waals surface area contributed by atoms with Gasteiger partial charge in [-0.05, 0) is 38.3 Å². The first kappa shape index (κ1) is 18.0. The molecule has 138 valence electrons. The van der Waals surface area contributed by atoms with E-state index in [-0.39, 0.29) is 11.7 Å². The van der Waals surface area contributed by atoms with Crippen molar-refractivity contribution in [1.29, 1.82) is 0 Å². The van der Waals surface area contributed by atoms with E-state index in [0.717, 1.165) is 24.9 Å². The minimum Gasteiger partial charge on any atom is -0.489 e. The van der Waals surface area contributed by atoms with E-state index in [4.69, 9.17) is 4.74 Å². The molecule has 1 aliphatic carbocycles. The van der Waals surface area contributed by atoms with Crippen molar-refractivity contribution in [3.05, 3.63) is 42.2 Å². The zero-order valence-electron chi connectivity index (χ0n) is 15.0. The van der Waals surface area contributed by atoms with Gasteiger partial charge in [-0.1, -0.05) is 25.1 Å². The fraction of sp³-hybridized carbons (Fsp3) is 0.421. The van der Waals surface area contributed by atoms with E-state index in [1.54, 1.807) is 10.9 Å². The Morgan fingerprint density at radius 3 is 2.62 bits per heavy atom. The summed E-state index contributed by atoms with van der Waals surface area (Å²) in [6, 6.07) is 8.47. The Morgan fingerprint density at radius 2 is 2.04 bits per heavy atom. The Balaban J connectivity index is 1.97. The van der Waals surface area contributed by atoms with Crippen molar-refractivity contribution in [2.24, 2.45) is 0 Å². The second-order valence-electron chi connectivity index (χ2n) is 6.43. The molecule has 1 saturated carbocycles. The number of benzene rings is 1. The monoisotopic (exact) mass is 357 g/mol. The van der Waals surface area contributed by atoms with Gasteiger partial charge in [-0.15, -0.1) is 0 Å². The standard InChI is InChI=1S/C19H23N3O4/c1-3-11-26-16-12-21(14-7-5-4-6-8-14)20-17(16)18(23)22(15-9-10-15)13(2)19(24)25/h4-8,12-13,15H,3,9-11H2,1-2H3,(H,24,25). The number of hydrogen-bond donors (Lipinski definition) is 1. The molecule has 7 heteroatoms. The van der Waals surface area contributed by atoms with Gasteiger partial charge in [0.25, 0.3) is 5.91 Å². The number of nitrogens with zero attached hydrogens (tertiary/aromatic N) is 3. The average molecular weight is 357 g/mol. The summed E-state index contributed by atoms with van der Waals surface area (Å²) in [5, 5.41) is 13.8. The molecule has 7 nitrogen and oxygen atoms in total. The Morgan fingerprint density at radius 1 is 1.35 bits per heavy atom. The number of hydrogen-bond acceptors (Lipinski definition) is 4. The number of carbonyl (C=O) groups excluding carboxylic acids is 1. The number of ether oxygens (including phenoxy) is 1. The highest BCUT2D eigenvalue weighted by atomic mass is 16.5. The highest BCUT2D eigenvalue weighted by molar-refractivity contribution is 5.97. The van der Waals surface area contributed by atoms with Gasteiger partial charge in [0.05, 0.1) is 18.5 Å². The normalized spacial score (nSPS) is 14.7. The third kappa shape index (κ3) is 3.71. The summed E-state index contributed by atoms with van der Waals surface area (Å²) in [6.45, 7) is 3.96. The van der Waals surface area contributed by atoms with Crippen molar-refractivity contribution in [2.75, 3.05) is 6.61 Å². The van der Waals surface area contributed by atoms with E-state index < -0.39 is 17.9 Å². The van der Waals surface area contributed by atoms with Crippen LogP contribution in [0.2, 0.25) is 0 Å². The van der Waals surface area contributed by atoms with Crippen molar-refractivity contribution >= 4 is 11.9 Å². The van der Waals surface area contributed by atoms with Gasteiger partial charge >= 0.3 is 5.97 Å². The molecule has 0 bridgehead atoms. The van der Waals surface area contributed by atoms with Crippen LogP contribution in [0.3, 0.4) is 0 Å². The SMILES string of the molecule is CCCOc1cn(-c2ccccc2)nc1C(=O)N(C1CC1)C(C)C(=O)O. The first-order valence-corrected chi connectivity index (χ1v) is 8.86. The van der Waals surface area contributed by atoms with Crippen LogP contribution in [0.4, 0.5) is 0 Å². The molecule has 1 amide bonds. The van der Waals surface area contributed by atoms with Gasteiger partial charge in [0, 0.05) is 6.04 Å². The average Bonchev–Trinajstić information content (AvgIpc) is 3.38. The molecule has 1 heterocycles. The maximum atomic E-state index is 13.1. The molecule has 0 radical (unpaired) electrons. The number of aromatic nitrogens is 2. The molecular formula is C19H23N3O4. The second kappa shape index (κ2) is 7.59. The zero-order valence-corrected chi connectivity index (χ0v) is 15.0. The van der Waals surface area contributed by atoms with Gasteiger partial charge in [-0.25, -0.2) is 9.48 Å². The second-order valence-corrected chi connectivity index (χ2v) is 6.43. The lowest BCUT2D eigenvalue weighted by Crippen LogP contribution is -2.45. The Labute approximate surface area is 152 Å². The fourth-order valence-corrected chi connectivity index (χ4v) is 2.79. The molecule has 1 N–H and O–H groups in total. The van der Waals surface area contributed by atoms with E-state index in [9.17, 15) is 14.7 Å². The highest BCUT2D eigenvalue weighted by Crippen LogP contribution is 2.32. The molecule has 1 atom stereocenters. The van der Waals surface area contributed by atoms with Crippen molar-refractivity contribution in [3.8, 4) is 11.4 Å². The van der Waals surface area contributed by atoms with Gasteiger partial charge < -0.3 is 14.7 Å². The molecule has 1 aromatic heterocycles. The molecule has 1 unspecified atom stereocenters. The quantitative estimate of drug-likeness (QED) is 0.785. The third-order valence-corrected chi connectivity index (χ3v) is 4.32. The number of amides is 1. The Bertz CT molecular complexity index is 783. The van der Waals surface area contributed by atoms with Gasteiger partial charge in [-0.2, -0.15) is 5.10 Å². The fourth-order valence-electron chi connectivity index (χ4n) is 2.79. The van der Waals surface area contributed by atoms with Crippen molar-refractivity contribution in [1.82, 2.24) is 14.7 Å². The van der Waals surface area contributed by atoms with Crippen LogP contribution < -0.4 is 4.74 Å². The topological polar surface area (TPSA) is 84.7 Å². The summed E-state index contributed by atoms with van der Waals surface area (Å²) in [5.41, 5.74) is 0.958. The smallest absolute Gasteiger partial charge is 0.326 e. The lowest BCUT2D eigenvalue weighted by molar-refractivity contribution is -0.141. The molecule has 0 saturated heterocycles. The molecular weight excluding hydrogens is 334 g/mol. The van der Waals surface area contributed by atoms with E-state index in [1.807, 2.05) is 37.3 Å². The zero-order chi connectivity index (χ0) is 18.7. The van der Waals surface area contributed by atoms with Crippen LogP contribution in [-0.2, 0) is 4.79 Å². The number of para-hydroxylation sites is 1.